The van der Waals surface area contributed by atoms with Crippen molar-refractivity contribution >= 4 is 0 Å². The van der Waals surface area contributed by atoms with Gasteiger partial charge >= 0.3 is 0 Å². The van der Waals surface area contributed by atoms with E-state index >= 15 is 0 Å². The SMILES string of the molecule is CCCCc1n[nH]c2c1CNCC2. The molecule has 1 aliphatic rings. The largest absolute Gasteiger partial charge is 0.312 e. The van der Waals surface area contributed by atoms with Gasteiger partial charge in [-0.25, -0.2) is 0 Å². The van der Waals surface area contributed by atoms with E-state index in [2.05, 4.69) is 22.4 Å². The van der Waals surface area contributed by atoms with Crippen molar-refractivity contribution in [3.05, 3.63) is 17.0 Å². The molecule has 1 aromatic rings. The first kappa shape index (κ1) is 8.75. The van der Waals surface area contributed by atoms with Gasteiger partial charge in [-0.3, -0.25) is 5.10 Å². The topological polar surface area (TPSA) is 40.7 Å². The van der Waals surface area contributed by atoms with Crippen molar-refractivity contribution in [1.29, 1.82) is 0 Å². The Balaban J connectivity index is 2.12. The van der Waals surface area contributed by atoms with Crippen LogP contribution in [-0.4, -0.2) is 16.7 Å². The fourth-order valence-electron chi connectivity index (χ4n) is 1.84. The third kappa shape index (κ3) is 1.75. The van der Waals surface area contributed by atoms with Crippen LogP contribution < -0.4 is 5.32 Å². The zero-order valence-corrected chi connectivity index (χ0v) is 8.19. The molecule has 72 valence electrons. The first-order valence-electron chi connectivity index (χ1n) is 5.17. The summed E-state index contributed by atoms with van der Waals surface area (Å²) in [7, 11) is 0. The van der Waals surface area contributed by atoms with Gasteiger partial charge in [-0.2, -0.15) is 5.10 Å². The molecule has 0 radical (unpaired) electrons. The smallest absolute Gasteiger partial charge is 0.0669 e. The van der Waals surface area contributed by atoms with Crippen LogP contribution in [0.1, 0.15) is 36.7 Å². The predicted octanol–water partition coefficient (Wildman–Crippen LogP) is 1.40. The van der Waals surface area contributed by atoms with Crippen molar-refractivity contribution in [2.75, 3.05) is 6.54 Å². The molecule has 0 aliphatic carbocycles. The molecule has 0 spiro atoms. The third-order valence-electron chi connectivity index (χ3n) is 2.66. The minimum Gasteiger partial charge on any atom is -0.312 e. The Morgan fingerprint density at radius 1 is 1.46 bits per heavy atom. The fraction of sp³-hybridized carbons (Fsp3) is 0.700. The van der Waals surface area contributed by atoms with E-state index in [9.17, 15) is 0 Å². The van der Waals surface area contributed by atoms with Gasteiger partial charge in [0.25, 0.3) is 0 Å². The molecule has 1 aromatic heterocycles. The Hall–Kier alpha value is -0.830. The van der Waals surface area contributed by atoms with Gasteiger partial charge in [0.2, 0.25) is 0 Å². The molecule has 3 nitrogen and oxygen atoms in total. The summed E-state index contributed by atoms with van der Waals surface area (Å²) in [4.78, 5) is 0. The number of aryl methyl sites for hydroxylation is 1. The van der Waals surface area contributed by atoms with Gasteiger partial charge in [0.1, 0.15) is 0 Å². The van der Waals surface area contributed by atoms with E-state index < -0.39 is 0 Å². The summed E-state index contributed by atoms with van der Waals surface area (Å²) >= 11 is 0. The van der Waals surface area contributed by atoms with Crippen LogP contribution in [0.15, 0.2) is 0 Å². The van der Waals surface area contributed by atoms with Crippen molar-refractivity contribution in [3.8, 4) is 0 Å². The molecule has 2 N–H and O–H groups in total. The molecule has 0 unspecified atom stereocenters. The van der Waals surface area contributed by atoms with Gasteiger partial charge in [0.05, 0.1) is 5.69 Å². The second-order valence-corrected chi connectivity index (χ2v) is 3.66. The van der Waals surface area contributed by atoms with Crippen LogP contribution in [0.2, 0.25) is 0 Å². The second-order valence-electron chi connectivity index (χ2n) is 3.66. The van der Waals surface area contributed by atoms with E-state index in [0.29, 0.717) is 0 Å². The second kappa shape index (κ2) is 3.92. The van der Waals surface area contributed by atoms with Crippen LogP contribution >= 0.6 is 0 Å². The number of hydrogen-bond donors (Lipinski definition) is 2. The first-order chi connectivity index (χ1) is 6.42. The molecule has 0 saturated carbocycles. The fourth-order valence-corrected chi connectivity index (χ4v) is 1.84. The molecule has 0 amide bonds. The first-order valence-corrected chi connectivity index (χ1v) is 5.17. The van der Waals surface area contributed by atoms with Crippen molar-refractivity contribution in [2.45, 2.75) is 39.2 Å². The van der Waals surface area contributed by atoms with E-state index in [0.717, 1.165) is 25.9 Å². The lowest BCUT2D eigenvalue weighted by molar-refractivity contribution is 0.631. The number of nitrogens with zero attached hydrogens (tertiary/aromatic N) is 1. The number of H-pyrrole nitrogens is 1. The van der Waals surface area contributed by atoms with E-state index in [1.54, 1.807) is 0 Å². The summed E-state index contributed by atoms with van der Waals surface area (Å²) in [6, 6.07) is 0. The number of unbranched alkanes of at least 4 members (excludes halogenated alkanes) is 1. The summed E-state index contributed by atoms with van der Waals surface area (Å²) in [6.07, 6.45) is 4.73. The van der Waals surface area contributed by atoms with Crippen LogP contribution in [0.4, 0.5) is 0 Å². The lowest BCUT2D eigenvalue weighted by Crippen LogP contribution is -2.23. The van der Waals surface area contributed by atoms with Crippen LogP contribution in [-0.2, 0) is 19.4 Å². The van der Waals surface area contributed by atoms with Crippen molar-refractivity contribution in [3.63, 3.8) is 0 Å². The van der Waals surface area contributed by atoms with Gasteiger partial charge in [-0.1, -0.05) is 13.3 Å². The summed E-state index contributed by atoms with van der Waals surface area (Å²) in [5.41, 5.74) is 4.06. The molecule has 0 saturated heterocycles. The number of fused-ring (bicyclic) bond motifs is 1. The molecule has 2 rings (SSSR count). The molecule has 2 heterocycles. The monoisotopic (exact) mass is 179 g/mol. The Morgan fingerprint density at radius 2 is 2.38 bits per heavy atom. The zero-order valence-electron chi connectivity index (χ0n) is 8.19. The van der Waals surface area contributed by atoms with Gasteiger partial charge < -0.3 is 5.32 Å². The van der Waals surface area contributed by atoms with E-state index in [1.165, 1.54) is 29.8 Å². The van der Waals surface area contributed by atoms with Crippen molar-refractivity contribution < 1.29 is 0 Å². The number of aromatic amines is 1. The molecule has 13 heavy (non-hydrogen) atoms. The van der Waals surface area contributed by atoms with Gasteiger partial charge in [0.15, 0.2) is 0 Å². The minimum absolute atomic E-state index is 1.00. The van der Waals surface area contributed by atoms with E-state index in [-0.39, 0.29) is 0 Å². The minimum atomic E-state index is 1.00. The summed E-state index contributed by atoms with van der Waals surface area (Å²) in [5, 5.41) is 10.9. The lowest BCUT2D eigenvalue weighted by atomic mass is 10.0. The molecule has 0 bridgehead atoms. The van der Waals surface area contributed by atoms with Crippen molar-refractivity contribution in [2.24, 2.45) is 0 Å². The Morgan fingerprint density at radius 3 is 3.23 bits per heavy atom. The molecule has 0 aromatic carbocycles. The Kier molecular flexibility index (Phi) is 2.64. The van der Waals surface area contributed by atoms with Crippen LogP contribution in [0.3, 0.4) is 0 Å². The quantitative estimate of drug-likeness (QED) is 0.736. The average molecular weight is 179 g/mol. The molecular formula is C10H17N3. The molecular weight excluding hydrogens is 162 g/mol. The maximum Gasteiger partial charge on any atom is 0.0669 e. The number of nitrogens with one attached hydrogen (secondary N) is 2. The number of rotatable bonds is 3. The highest BCUT2D eigenvalue weighted by Crippen LogP contribution is 2.16. The Bertz CT molecular complexity index is 278. The normalized spacial score (nSPS) is 15.8. The van der Waals surface area contributed by atoms with Gasteiger partial charge in [-0.05, 0) is 12.8 Å². The Labute approximate surface area is 78.9 Å². The molecule has 0 atom stereocenters. The molecule has 3 heteroatoms. The van der Waals surface area contributed by atoms with E-state index in [1.807, 2.05) is 0 Å². The van der Waals surface area contributed by atoms with E-state index in [4.69, 9.17) is 0 Å². The van der Waals surface area contributed by atoms with Crippen LogP contribution in [0, 0.1) is 0 Å². The van der Waals surface area contributed by atoms with Gasteiger partial charge in [-0.15, -0.1) is 0 Å². The molecule has 1 aliphatic heterocycles. The number of hydrogen-bond acceptors (Lipinski definition) is 2. The van der Waals surface area contributed by atoms with Crippen LogP contribution in [0.25, 0.3) is 0 Å². The van der Waals surface area contributed by atoms with Crippen molar-refractivity contribution in [1.82, 2.24) is 15.5 Å². The average Bonchev–Trinajstić information content (AvgIpc) is 2.58. The highest BCUT2D eigenvalue weighted by molar-refractivity contribution is 5.27. The summed E-state index contributed by atoms with van der Waals surface area (Å²) < 4.78 is 0. The van der Waals surface area contributed by atoms with Crippen LogP contribution in [0.5, 0.6) is 0 Å². The van der Waals surface area contributed by atoms with Gasteiger partial charge in [0, 0.05) is 30.8 Å². The highest BCUT2D eigenvalue weighted by Gasteiger charge is 2.15. The highest BCUT2D eigenvalue weighted by atomic mass is 15.1. The predicted molar refractivity (Wildman–Crippen MR) is 52.6 cm³/mol. The lowest BCUT2D eigenvalue weighted by Gasteiger charge is -2.12. The zero-order chi connectivity index (χ0) is 9.10. The standard InChI is InChI=1S/C10H17N3/c1-2-3-4-9-8-7-11-6-5-10(8)13-12-9/h11H,2-7H2,1H3,(H,12,13). The summed E-state index contributed by atoms with van der Waals surface area (Å²) in [5.74, 6) is 0. The molecule has 0 fully saturated rings. The number of aromatic nitrogens is 2. The maximum atomic E-state index is 4.37. The summed E-state index contributed by atoms with van der Waals surface area (Å²) in [6.45, 7) is 4.31. The third-order valence-corrected chi connectivity index (χ3v) is 2.66. The maximum absolute atomic E-state index is 4.37.